The fourth-order valence-electron chi connectivity index (χ4n) is 5.08. The number of ether oxygens (including phenoxy) is 2. The minimum atomic E-state index is -3.45. The molecule has 1 aromatic rings. The van der Waals surface area contributed by atoms with Crippen LogP contribution in [0, 0.1) is 11.8 Å². The van der Waals surface area contributed by atoms with Crippen molar-refractivity contribution in [1.29, 1.82) is 0 Å². The second-order valence-electron chi connectivity index (χ2n) is 10.1. The fraction of sp³-hybridized carbons (Fsp3) is 0.720. The van der Waals surface area contributed by atoms with Crippen LogP contribution in [-0.4, -0.2) is 82.9 Å². The zero-order valence-corrected chi connectivity index (χ0v) is 22.1. The zero-order chi connectivity index (χ0) is 24.9. The smallest absolute Gasteiger partial charge is 0.257 e. The average molecular weight is 496 g/mol. The Kier molecular flexibility index (Phi) is 9.23. The molecule has 192 valence electrons. The van der Waals surface area contributed by atoms with Crippen LogP contribution in [0.5, 0.6) is 5.75 Å². The van der Waals surface area contributed by atoms with Crippen LogP contribution in [0.1, 0.15) is 56.3 Å². The quantitative estimate of drug-likeness (QED) is 0.673. The van der Waals surface area contributed by atoms with Crippen LogP contribution in [-0.2, 0) is 14.8 Å². The van der Waals surface area contributed by atoms with E-state index in [1.54, 1.807) is 37.3 Å². The monoisotopic (exact) mass is 495 g/mol. The molecule has 1 saturated carbocycles. The van der Waals surface area contributed by atoms with E-state index in [-0.39, 0.29) is 24.0 Å². The van der Waals surface area contributed by atoms with Gasteiger partial charge in [-0.05, 0) is 43.7 Å². The van der Waals surface area contributed by atoms with Crippen molar-refractivity contribution in [3.05, 3.63) is 23.8 Å². The summed E-state index contributed by atoms with van der Waals surface area (Å²) in [7, 11) is 0.0279. The lowest BCUT2D eigenvalue weighted by Crippen LogP contribution is -2.48. The molecule has 0 bridgehead atoms. The summed E-state index contributed by atoms with van der Waals surface area (Å²) in [6, 6.07) is 4.95. The third-order valence-electron chi connectivity index (χ3n) is 7.10. The van der Waals surface area contributed by atoms with Crippen LogP contribution in [0.4, 0.5) is 5.69 Å². The second-order valence-corrected chi connectivity index (χ2v) is 11.9. The Balaban J connectivity index is 1.91. The Labute approximate surface area is 205 Å². The number of rotatable bonds is 5. The summed E-state index contributed by atoms with van der Waals surface area (Å²) in [5.74, 6) is 1.14. The number of benzene rings is 1. The van der Waals surface area contributed by atoms with E-state index in [0.717, 1.165) is 19.3 Å². The number of carbonyl (C=O) groups is 1. The normalized spacial score (nSPS) is 26.2. The molecule has 1 aliphatic heterocycles. The van der Waals surface area contributed by atoms with Crippen LogP contribution in [0.3, 0.4) is 0 Å². The molecule has 8 nitrogen and oxygen atoms in total. The first kappa shape index (κ1) is 26.8. The highest BCUT2D eigenvalue weighted by molar-refractivity contribution is 7.92. The van der Waals surface area contributed by atoms with Crippen LogP contribution in [0.2, 0.25) is 0 Å². The molecular weight excluding hydrogens is 454 g/mol. The van der Waals surface area contributed by atoms with Crippen molar-refractivity contribution >= 4 is 21.6 Å². The highest BCUT2D eigenvalue weighted by Crippen LogP contribution is 2.29. The molecule has 0 radical (unpaired) electrons. The first-order valence-electron chi connectivity index (χ1n) is 12.3. The third kappa shape index (κ3) is 7.33. The lowest BCUT2D eigenvalue weighted by atomic mass is 9.88. The second kappa shape index (κ2) is 11.7. The Morgan fingerprint density at radius 1 is 1.15 bits per heavy atom. The van der Waals surface area contributed by atoms with Gasteiger partial charge < -0.3 is 14.4 Å². The zero-order valence-electron chi connectivity index (χ0n) is 21.2. The van der Waals surface area contributed by atoms with Gasteiger partial charge in [-0.1, -0.05) is 26.2 Å². The van der Waals surface area contributed by atoms with Gasteiger partial charge in [0, 0.05) is 45.9 Å². The number of fused-ring (bicyclic) bond motifs is 1. The predicted molar refractivity (Wildman–Crippen MR) is 135 cm³/mol. The van der Waals surface area contributed by atoms with Gasteiger partial charge in [0.25, 0.3) is 5.91 Å². The lowest BCUT2D eigenvalue weighted by molar-refractivity contribution is 0.00690. The predicted octanol–water partition coefficient (Wildman–Crippen LogP) is 3.44. The SMILES string of the molecule is CO[C@H]1CN(C)C(=O)c2ccc(NS(C)(=O)=O)cc2OC[C@H](C)N(CC2CCCCC2)C[C@@H]1C. The summed E-state index contributed by atoms with van der Waals surface area (Å²) < 4.78 is 38.0. The molecule has 34 heavy (non-hydrogen) atoms. The molecule has 0 spiro atoms. The van der Waals surface area contributed by atoms with Crippen molar-refractivity contribution in [2.75, 3.05) is 51.4 Å². The summed E-state index contributed by atoms with van der Waals surface area (Å²) >= 11 is 0. The van der Waals surface area contributed by atoms with Gasteiger partial charge in [-0.2, -0.15) is 0 Å². The number of nitrogens with zero attached hydrogens (tertiary/aromatic N) is 2. The maximum Gasteiger partial charge on any atom is 0.257 e. The van der Waals surface area contributed by atoms with E-state index in [0.29, 0.717) is 36.1 Å². The standard InChI is InChI=1S/C25H41N3O5S/c1-18-14-28(15-20-9-7-6-8-10-20)19(2)17-33-23-13-21(26-34(5,30)31)11-12-22(23)25(29)27(3)16-24(18)32-4/h11-13,18-20,24,26H,6-10,14-17H2,1-5H3/t18-,19-,24-/m0/s1. The van der Waals surface area contributed by atoms with Crippen LogP contribution >= 0.6 is 0 Å². The molecule has 0 unspecified atom stereocenters. The van der Waals surface area contributed by atoms with E-state index in [1.165, 1.54) is 32.1 Å². The molecule has 3 rings (SSSR count). The van der Waals surface area contributed by atoms with Gasteiger partial charge in [-0.3, -0.25) is 14.4 Å². The van der Waals surface area contributed by atoms with Crippen LogP contribution in [0.25, 0.3) is 0 Å². The number of amides is 1. The summed E-state index contributed by atoms with van der Waals surface area (Å²) in [4.78, 5) is 17.4. The number of carbonyl (C=O) groups excluding carboxylic acids is 1. The van der Waals surface area contributed by atoms with Crippen molar-refractivity contribution in [1.82, 2.24) is 9.80 Å². The number of methoxy groups -OCH3 is 1. The van der Waals surface area contributed by atoms with Gasteiger partial charge in [0.2, 0.25) is 10.0 Å². The lowest BCUT2D eigenvalue weighted by Gasteiger charge is -2.38. The number of hydrogen-bond acceptors (Lipinski definition) is 6. The Morgan fingerprint density at radius 2 is 1.85 bits per heavy atom. The summed E-state index contributed by atoms with van der Waals surface area (Å²) in [5.41, 5.74) is 0.787. The summed E-state index contributed by atoms with van der Waals surface area (Å²) in [6.07, 6.45) is 7.48. The minimum Gasteiger partial charge on any atom is -0.491 e. The number of nitrogens with one attached hydrogen (secondary N) is 1. The third-order valence-corrected chi connectivity index (χ3v) is 7.70. The highest BCUT2D eigenvalue weighted by Gasteiger charge is 2.29. The Hall–Kier alpha value is -1.84. The number of sulfonamides is 1. The molecule has 1 heterocycles. The summed E-state index contributed by atoms with van der Waals surface area (Å²) in [5, 5.41) is 0. The largest absolute Gasteiger partial charge is 0.491 e. The van der Waals surface area contributed by atoms with Crippen molar-refractivity contribution in [3.63, 3.8) is 0 Å². The molecule has 3 atom stereocenters. The van der Waals surface area contributed by atoms with E-state index in [9.17, 15) is 13.2 Å². The number of hydrogen-bond donors (Lipinski definition) is 1. The number of likely N-dealkylation sites (N-methyl/N-ethyl adjacent to an activating group) is 1. The molecule has 1 aromatic carbocycles. The molecule has 1 N–H and O–H groups in total. The van der Waals surface area contributed by atoms with Gasteiger partial charge in [0.15, 0.2) is 0 Å². The molecule has 1 amide bonds. The van der Waals surface area contributed by atoms with Gasteiger partial charge in [-0.15, -0.1) is 0 Å². The molecule has 1 fully saturated rings. The number of anilines is 1. The Bertz CT molecular complexity index is 932. The molecule has 9 heteroatoms. The van der Waals surface area contributed by atoms with E-state index >= 15 is 0 Å². The van der Waals surface area contributed by atoms with Crippen LogP contribution in [0.15, 0.2) is 18.2 Å². The maximum absolute atomic E-state index is 13.3. The molecule has 1 aliphatic carbocycles. The van der Waals surface area contributed by atoms with Crippen molar-refractivity contribution in [3.8, 4) is 5.75 Å². The maximum atomic E-state index is 13.3. The van der Waals surface area contributed by atoms with Gasteiger partial charge in [0.05, 0.1) is 23.6 Å². The van der Waals surface area contributed by atoms with E-state index in [4.69, 9.17) is 9.47 Å². The molecule has 0 aromatic heterocycles. The first-order valence-corrected chi connectivity index (χ1v) is 14.2. The highest BCUT2D eigenvalue weighted by atomic mass is 32.2. The molecule has 0 saturated heterocycles. The van der Waals surface area contributed by atoms with Gasteiger partial charge in [-0.25, -0.2) is 8.42 Å². The van der Waals surface area contributed by atoms with Gasteiger partial charge >= 0.3 is 0 Å². The van der Waals surface area contributed by atoms with E-state index in [1.807, 2.05) is 0 Å². The van der Waals surface area contributed by atoms with Crippen LogP contribution < -0.4 is 9.46 Å². The Morgan fingerprint density at radius 3 is 2.50 bits per heavy atom. The molecule has 2 aliphatic rings. The minimum absolute atomic E-state index is 0.0926. The molecular formula is C25H41N3O5S. The van der Waals surface area contributed by atoms with E-state index < -0.39 is 10.0 Å². The average Bonchev–Trinajstić information content (AvgIpc) is 2.79. The topological polar surface area (TPSA) is 88.2 Å². The van der Waals surface area contributed by atoms with E-state index in [2.05, 4.69) is 23.5 Å². The van der Waals surface area contributed by atoms with Gasteiger partial charge in [0.1, 0.15) is 12.4 Å². The van der Waals surface area contributed by atoms with Crippen molar-refractivity contribution in [2.45, 2.75) is 58.1 Å². The van der Waals surface area contributed by atoms with Crippen molar-refractivity contribution in [2.24, 2.45) is 11.8 Å². The fourth-order valence-corrected chi connectivity index (χ4v) is 5.64. The summed E-state index contributed by atoms with van der Waals surface area (Å²) in [6.45, 7) is 7.12. The van der Waals surface area contributed by atoms with Crippen molar-refractivity contribution < 1.29 is 22.7 Å². The first-order chi connectivity index (χ1) is 16.1.